The molecule has 0 fully saturated rings. The molecule has 0 saturated carbocycles. The summed E-state index contributed by atoms with van der Waals surface area (Å²) in [4.78, 5) is 11.6. The Labute approximate surface area is 110 Å². The molecule has 1 amide bonds. The minimum atomic E-state index is -3.20. The molecule has 0 unspecified atom stereocenters. The minimum absolute atomic E-state index is 0.00722. The first-order valence-corrected chi connectivity index (χ1v) is 5.83. The molecule has 0 aliphatic carbocycles. The Kier molecular flexibility index (Phi) is 4.47. The number of hydrogen-bond acceptors (Lipinski definition) is 3. The predicted molar refractivity (Wildman–Crippen MR) is 69.2 cm³/mol. The number of carbonyl (C=O) groups excluding carboxylic acids is 1. The first kappa shape index (κ1) is 15.4. The van der Waals surface area contributed by atoms with E-state index in [9.17, 15) is 13.6 Å². The molecule has 0 spiro atoms. The first-order chi connectivity index (χ1) is 8.65. The summed E-state index contributed by atoms with van der Waals surface area (Å²) in [7, 11) is 0. The van der Waals surface area contributed by atoms with Gasteiger partial charge in [-0.25, -0.2) is 4.79 Å². The van der Waals surface area contributed by atoms with Crippen molar-refractivity contribution in [2.75, 3.05) is 11.9 Å². The predicted octanol–water partition coefficient (Wildman–Crippen LogP) is 3.08. The van der Waals surface area contributed by atoms with Crippen molar-refractivity contribution in [2.45, 2.75) is 32.3 Å². The molecule has 0 bridgehead atoms. The lowest BCUT2D eigenvalue weighted by Gasteiger charge is -2.22. The molecule has 106 valence electrons. The zero-order chi connectivity index (χ0) is 14.7. The molecule has 0 aromatic heterocycles. The Morgan fingerprint density at radius 1 is 1.32 bits per heavy atom. The van der Waals surface area contributed by atoms with Crippen molar-refractivity contribution in [3.05, 3.63) is 29.8 Å². The number of rotatable bonds is 3. The van der Waals surface area contributed by atoms with Crippen LogP contribution in [0.5, 0.6) is 0 Å². The van der Waals surface area contributed by atoms with E-state index in [0.717, 1.165) is 0 Å². The Bertz CT molecular complexity index is 456. The van der Waals surface area contributed by atoms with Gasteiger partial charge in [-0.3, -0.25) is 5.32 Å². The maximum Gasteiger partial charge on any atom is 0.412 e. The molecule has 0 atom stereocenters. The number of nitrogens with two attached hydrogens (primary N) is 1. The van der Waals surface area contributed by atoms with Crippen molar-refractivity contribution in [3.63, 3.8) is 0 Å². The molecular weight excluding hydrogens is 254 g/mol. The monoisotopic (exact) mass is 272 g/mol. The Hall–Kier alpha value is -1.69. The van der Waals surface area contributed by atoms with Gasteiger partial charge in [-0.2, -0.15) is 8.78 Å². The largest absolute Gasteiger partial charge is 0.444 e. The molecule has 0 aliphatic rings. The first-order valence-electron chi connectivity index (χ1n) is 5.83. The van der Waals surface area contributed by atoms with Crippen LogP contribution in [0.2, 0.25) is 0 Å². The molecule has 6 heteroatoms. The highest BCUT2D eigenvalue weighted by atomic mass is 19.3. The molecule has 1 aromatic carbocycles. The second-order valence-electron chi connectivity index (χ2n) is 5.08. The van der Waals surface area contributed by atoms with Crippen molar-refractivity contribution >= 4 is 11.8 Å². The fraction of sp³-hybridized carbons (Fsp3) is 0.462. The van der Waals surface area contributed by atoms with Crippen molar-refractivity contribution < 1.29 is 18.3 Å². The fourth-order valence-corrected chi connectivity index (χ4v) is 1.43. The molecule has 3 N–H and O–H groups in total. The third-order valence-corrected chi connectivity index (χ3v) is 2.21. The van der Waals surface area contributed by atoms with Crippen LogP contribution in [0.3, 0.4) is 0 Å². The highest BCUT2D eigenvalue weighted by Crippen LogP contribution is 2.32. The number of carbonyl (C=O) groups is 1. The summed E-state index contributed by atoms with van der Waals surface area (Å²) in [6.07, 6.45) is -0.784. The summed E-state index contributed by atoms with van der Waals surface area (Å²) in [6.45, 7) is 4.23. The van der Waals surface area contributed by atoms with Crippen LogP contribution in [0.4, 0.5) is 19.3 Å². The molecule has 0 saturated heterocycles. The molecule has 19 heavy (non-hydrogen) atoms. The zero-order valence-electron chi connectivity index (χ0n) is 11.2. The Balaban J connectivity index is 2.94. The van der Waals surface area contributed by atoms with Gasteiger partial charge < -0.3 is 10.5 Å². The summed E-state index contributed by atoms with van der Waals surface area (Å²) in [5.74, 6) is -3.20. The molecule has 0 radical (unpaired) electrons. The maximum absolute atomic E-state index is 13.6. The third-order valence-electron chi connectivity index (χ3n) is 2.21. The molecule has 1 rings (SSSR count). The summed E-state index contributed by atoms with van der Waals surface area (Å²) >= 11 is 0. The maximum atomic E-state index is 13.6. The fourth-order valence-electron chi connectivity index (χ4n) is 1.43. The van der Waals surface area contributed by atoms with E-state index in [1.807, 2.05) is 0 Å². The third kappa shape index (κ3) is 4.48. The van der Waals surface area contributed by atoms with Crippen LogP contribution in [0, 0.1) is 0 Å². The van der Waals surface area contributed by atoms with E-state index in [1.165, 1.54) is 18.2 Å². The molecule has 1 aromatic rings. The average molecular weight is 272 g/mol. The SMILES string of the molecule is CC(C)(C)OC(=O)Nc1ccccc1C(F)(F)CN. The number of alkyl halides is 2. The van der Waals surface area contributed by atoms with E-state index in [0.29, 0.717) is 0 Å². The van der Waals surface area contributed by atoms with Crippen molar-refractivity contribution in [1.29, 1.82) is 0 Å². The zero-order valence-corrected chi connectivity index (χ0v) is 11.2. The van der Waals surface area contributed by atoms with Gasteiger partial charge in [0.2, 0.25) is 0 Å². The van der Waals surface area contributed by atoms with Crippen LogP contribution in [0.25, 0.3) is 0 Å². The number of benzene rings is 1. The van der Waals surface area contributed by atoms with Crippen LogP contribution in [0.1, 0.15) is 26.3 Å². The smallest absolute Gasteiger partial charge is 0.412 e. The lowest BCUT2D eigenvalue weighted by atomic mass is 10.1. The van der Waals surface area contributed by atoms with Crippen molar-refractivity contribution in [3.8, 4) is 0 Å². The van der Waals surface area contributed by atoms with Crippen LogP contribution in [-0.4, -0.2) is 18.2 Å². The standard InChI is InChI=1S/C13H18F2N2O2/c1-12(2,3)19-11(18)17-10-7-5-4-6-9(10)13(14,15)8-16/h4-7H,8,16H2,1-3H3,(H,17,18). The number of hydrogen-bond donors (Lipinski definition) is 2. The molecule has 4 nitrogen and oxygen atoms in total. The number of halogens is 2. The number of nitrogens with one attached hydrogen (secondary N) is 1. The highest BCUT2D eigenvalue weighted by molar-refractivity contribution is 5.86. The van der Waals surface area contributed by atoms with Crippen LogP contribution in [-0.2, 0) is 10.7 Å². The van der Waals surface area contributed by atoms with Gasteiger partial charge in [-0.15, -0.1) is 0 Å². The van der Waals surface area contributed by atoms with Crippen molar-refractivity contribution in [2.24, 2.45) is 5.73 Å². The van der Waals surface area contributed by atoms with Crippen LogP contribution < -0.4 is 11.1 Å². The number of amides is 1. The van der Waals surface area contributed by atoms with E-state index >= 15 is 0 Å². The topological polar surface area (TPSA) is 64.3 Å². The summed E-state index contributed by atoms with van der Waals surface area (Å²) in [5, 5.41) is 2.31. The Morgan fingerprint density at radius 2 is 1.89 bits per heavy atom. The summed E-state index contributed by atoms with van der Waals surface area (Å²) < 4.78 is 32.3. The normalized spacial score (nSPS) is 12.1. The van der Waals surface area contributed by atoms with Gasteiger partial charge in [0.1, 0.15) is 5.60 Å². The van der Waals surface area contributed by atoms with Crippen molar-refractivity contribution in [1.82, 2.24) is 0 Å². The second-order valence-corrected chi connectivity index (χ2v) is 5.08. The molecular formula is C13H18F2N2O2. The van der Waals surface area contributed by atoms with Gasteiger partial charge in [0.05, 0.1) is 12.2 Å². The molecule has 0 heterocycles. The minimum Gasteiger partial charge on any atom is -0.444 e. The van der Waals surface area contributed by atoms with Gasteiger partial charge in [-0.1, -0.05) is 18.2 Å². The van der Waals surface area contributed by atoms with E-state index in [2.05, 4.69) is 5.32 Å². The van der Waals surface area contributed by atoms with Gasteiger partial charge in [-0.05, 0) is 26.8 Å². The summed E-state index contributed by atoms with van der Waals surface area (Å²) in [6, 6.07) is 5.60. The number of para-hydroxylation sites is 1. The summed E-state index contributed by atoms with van der Waals surface area (Å²) in [5.41, 5.74) is 4.01. The Morgan fingerprint density at radius 3 is 2.42 bits per heavy atom. The highest BCUT2D eigenvalue weighted by Gasteiger charge is 2.32. The van der Waals surface area contributed by atoms with Crippen LogP contribution in [0.15, 0.2) is 24.3 Å². The number of ether oxygens (including phenoxy) is 1. The van der Waals surface area contributed by atoms with E-state index < -0.39 is 24.2 Å². The van der Waals surface area contributed by atoms with Gasteiger partial charge in [0, 0.05) is 5.56 Å². The lowest BCUT2D eigenvalue weighted by molar-refractivity contribution is 0.00666. The molecule has 0 aliphatic heterocycles. The average Bonchev–Trinajstić information content (AvgIpc) is 2.27. The van der Waals surface area contributed by atoms with E-state index in [1.54, 1.807) is 26.8 Å². The van der Waals surface area contributed by atoms with Crippen LogP contribution >= 0.6 is 0 Å². The van der Waals surface area contributed by atoms with Gasteiger partial charge >= 0.3 is 6.09 Å². The van der Waals surface area contributed by atoms with E-state index in [4.69, 9.17) is 10.5 Å². The lowest BCUT2D eigenvalue weighted by Crippen LogP contribution is -2.30. The quantitative estimate of drug-likeness (QED) is 0.888. The van der Waals surface area contributed by atoms with E-state index in [-0.39, 0.29) is 11.3 Å². The second kappa shape index (κ2) is 5.52. The van der Waals surface area contributed by atoms with Gasteiger partial charge in [0.25, 0.3) is 5.92 Å². The number of anilines is 1. The van der Waals surface area contributed by atoms with Gasteiger partial charge in [0.15, 0.2) is 0 Å².